The fourth-order valence-corrected chi connectivity index (χ4v) is 14.9. The number of fused-ring (bicyclic) bond motifs is 6. The van der Waals surface area contributed by atoms with Crippen LogP contribution < -0.4 is 52.6 Å². The lowest BCUT2D eigenvalue weighted by atomic mass is 9.92. The molecule has 3 unspecified atom stereocenters. The molecule has 27 nitrogen and oxygen atoms in total. The molecule has 1 N–H and O–H groups in total. The Labute approximate surface area is 655 Å². The van der Waals surface area contributed by atoms with Gasteiger partial charge in [0.05, 0.1) is 94.5 Å². The van der Waals surface area contributed by atoms with E-state index in [0.29, 0.717) is 37.3 Å². The number of ether oxygens (including phenoxy) is 14. The number of methoxy groups -OCH3 is 9. The molecule has 27 heteroatoms. The molecule has 6 heterocycles. The molecule has 7 aromatic rings. The minimum absolute atomic E-state index is 0.0252. The molecule has 0 spiro atoms. The van der Waals surface area contributed by atoms with Crippen LogP contribution in [0.1, 0.15) is 78.2 Å². The Kier molecular flexibility index (Phi) is 25.4. The van der Waals surface area contributed by atoms with Crippen LogP contribution in [0.2, 0.25) is 0 Å². The van der Waals surface area contributed by atoms with Crippen molar-refractivity contribution in [3.8, 4) is 51.7 Å². The van der Waals surface area contributed by atoms with E-state index < -0.39 is 55.1 Å². The highest BCUT2D eigenvalue weighted by Crippen LogP contribution is 2.47. The van der Waals surface area contributed by atoms with Crippen molar-refractivity contribution in [1.82, 2.24) is 14.7 Å². The molecule has 590 valence electrons. The number of phenolic OH excluding ortho intramolecular Hbond substituents is 1. The van der Waals surface area contributed by atoms with E-state index in [1.165, 1.54) is 87.7 Å². The van der Waals surface area contributed by atoms with Crippen molar-refractivity contribution >= 4 is 69.8 Å². The van der Waals surface area contributed by atoms with E-state index >= 15 is 0 Å². The first-order chi connectivity index (χ1) is 54.9. The zero-order valence-electron chi connectivity index (χ0n) is 64.3. The van der Waals surface area contributed by atoms with E-state index in [1.807, 2.05) is 115 Å². The highest BCUT2D eigenvalue weighted by molar-refractivity contribution is 6.09. The summed E-state index contributed by atoms with van der Waals surface area (Å²) in [7, 11) is 13.6. The number of hydrogen-bond donors (Lipinski definition) is 1. The van der Waals surface area contributed by atoms with Crippen molar-refractivity contribution in [2.24, 2.45) is 0 Å². The van der Waals surface area contributed by atoms with Gasteiger partial charge in [0, 0.05) is 59.2 Å². The van der Waals surface area contributed by atoms with Crippen molar-refractivity contribution in [2.45, 2.75) is 69.3 Å². The zero-order chi connectivity index (χ0) is 80.1. The Hall–Kier alpha value is -12.7. The van der Waals surface area contributed by atoms with E-state index in [9.17, 15) is 33.9 Å². The predicted molar refractivity (Wildman–Crippen MR) is 421 cm³/mol. The number of carbonyl (C=O) groups is 6. The highest BCUT2D eigenvalue weighted by atomic mass is 16.6. The zero-order valence-corrected chi connectivity index (χ0v) is 64.3. The molecule has 6 aliphatic heterocycles. The van der Waals surface area contributed by atoms with Crippen molar-refractivity contribution in [2.75, 3.05) is 118 Å². The van der Waals surface area contributed by atoms with Crippen LogP contribution in [0, 0.1) is 0 Å². The molecule has 7 aromatic carbocycles. The first-order valence-corrected chi connectivity index (χ1v) is 36.3. The van der Waals surface area contributed by atoms with Gasteiger partial charge < -0.3 is 86.1 Å². The summed E-state index contributed by atoms with van der Waals surface area (Å²) in [4.78, 5) is 93.5. The maximum Gasteiger partial charge on any atom is 0.416 e. The molecule has 0 saturated heterocycles. The van der Waals surface area contributed by atoms with Gasteiger partial charge in [-0.1, -0.05) is 111 Å². The van der Waals surface area contributed by atoms with Gasteiger partial charge in [-0.15, -0.1) is 0 Å². The Morgan fingerprint density at radius 1 is 0.398 bits per heavy atom. The van der Waals surface area contributed by atoms with Crippen molar-refractivity contribution < 1.29 is 100 Å². The number of rotatable bonds is 24. The molecular weight excluding hydrogens is 1450 g/mol. The first-order valence-electron chi connectivity index (χ1n) is 36.3. The average molecular weight is 1540 g/mol. The SMILES string of the molecule is C=CCOC(=O)N1c2cc(O)c(OC)cc2C(=O)N2CC=C(c3ccc(OC)cc3)C[C@H]2C1OC.C=CCOC(=O)N1c2cc(OCc3cccc(COc4cc5c(cc4OC)C(=O)N4CC=C(c6ccc(OC)cc6)C[C@H]4C(OC)N5C(=O)OCC=C)c3)c(OC)cc2C(=O)N2CC=C(c3ccc(OC)cc3)C[C@H]2C1OC. The maximum absolute atomic E-state index is 14.6. The van der Waals surface area contributed by atoms with Crippen molar-refractivity contribution in [1.29, 1.82) is 0 Å². The molecule has 0 bridgehead atoms. The summed E-state index contributed by atoms with van der Waals surface area (Å²) in [5.41, 5.74) is 8.51. The molecule has 0 radical (unpaired) electrons. The summed E-state index contributed by atoms with van der Waals surface area (Å²) in [5.74, 6) is 2.12. The van der Waals surface area contributed by atoms with Crippen molar-refractivity contribution in [3.63, 3.8) is 0 Å². The number of aromatic hydroxyl groups is 1. The highest BCUT2D eigenvalue weighted by Gasteiger charge is 2.50. The van der Waals surface area contributed by atoms with Crippen LogP contribution in [0.5, 0.6) is 51.7 Å². The van der Waals surface area contributed by atoms with Crippen LogP contribution in [0.4, 0.5) is 31.4 Å². The predicted octanol–water partition coefficient (Wildman–Crippen LogP) is 13.5. The number of amides is 6. The van der Waals surface area contributed by atoms with Gasteiger partial charge in [0.1, 0.15) is 50.3 Å². The van der Waals surface area contributed by atoms with Gasteiger partial charge in [-0.05, 0) is 124 Å². The Bertz CT molecular complexity index is 4630. The number of benzene rings is 7. The number of phenols is 1. The lowest BCUT2D eigenvalue weighted by Crippen LogP contribution is -2.55. The minimum atomic E-state index is -0.972. The minimum Gasteiger partial charge on any atom is -0.504 e. The lowest BCUT2D eigenvalue weighted by molar-refractivity contribution is 0.0175. The number of hydrogen-bond acceptors (Lipinski definition) is 21. The summed E-state index contributed by atoms with van der Waals surface area (Å²) >= 11 is 0. The number of anilines is 3. The molecule has 0 fully saturated rings. The van der Waals surface area contributed by atoms with Gasteiger partial charge in [-0.3, -0.25) is 14.4 Å². The van der Waals surface area contributed by atoms with Crippen LogP contribution >= 0.6 is 0 Å². The monoisotopic (exact) mass is 1540 g/mol. The quantitative estimate of drug-likeness (QED) is 0.0435. The third-order valence-corrected chi connectivity index (χ3v) is 20.4. The Morgan fingerprint density at radius 2 is 0.708 bits per heavy atom. The average Bonchev–Trinajstić information content (AvgIpc) is 1.62. The topological polar surface area (TPSA) is 271 Å². The van der Waals surface area contributed by atoms with E-state index in [0.717, 1.165) is 50.3 Å². The summed E-state index contributed by atoms with van der Waals surface area (Å²) in [6, 6.07) is 37.8. The molecule has 113 heavy (non-hydrogen) atoms. The van der Waals surface area contributed by atoms with E-state index in [4.69, 9.17) is 66.3 Å². The van der Waals surface area contributed by atoms with Gasteiger partial charge in [0.25, 0.3) is 17.7 Å². The van der Waals surface area contributed by atoms with Crippen LogP contribution in [-0.4, -0.2) is 196 Å². The molecule has 0 aromatic heterocycles. The fraction of sp³-hybridized carbons (Fsp3) is 0.302. The first kappa shape index (κ1) is 79.8. The summed E-state index contributed by atoms with van der Waals surface area (Å²) in [6.07, 6.45) is 6.51. The van der Waals surface area contributed by atoms with E-state index in [-0.39, 0.29) is 132 Å². The molecular formula is C86H90N6O21. The van der Waals surface area contributed by atoms with Gasteiger partial charge in [0.2, 0.25) is 0 Å². The second-order valence-corrected chi connectivity index (χ2v) is 26.6. The third kappa shape index (κ3) is 16.5. The molecule has 6 aliphatic rings. The maximum atomic E-state index is 14.6. The molecule has 6 atom stereocenters. The molecule has 0 saturated carbocycles. The van der Waals surface area contributed by atoms with Crippen molar-refractivity contribution in [3.05, 3.63) is 234 Å². The van der Waals surface area contributed by atoms with Crippen LogP contribution in [0.25, 0.3) is 16.7 Å². The number of nitrogens with zero attached hydrogens (tertiary/aromatic N) is 6. The summed E-state index contributed by atoms with van der Waals surface area (Å²) in [6.45, 7) is 11.7. The Morgan fingerprint density at radius 3 is 1.00 bits per heavy atom. The van der Waals surface area contributed by atoms with Crippen LogP contribution in [0.3, 0.4) is 0 Å². The van der Waals surface area contributed by atoms with Crippen LogP contribution in [-0.2, 0) is 41.6 Å². The van der Waals surface area contributed by atoms with Gasteiger partial charge in [-0.2, -0.15) is 0 Å². The molecule has 0 aliphatic carbocycles. The third-order valence-electron chi connectivity index (χ3n) is 20.4. The molecule has 6 amide bonds. The van der Waals surface area contributed by atoms with E-state index in [1.54, 1.807) is 60.3 Å². The van der Waals surface area contributed by atoms with Gasteiger partial charge in [0.15, 0.2) is 53.2 Å². The summed E-state index contributed by atoms with van der Waals surface area (Å²) < 4.78 is 80.5. The second kappa shape index (κ2) is 36.0. The lowest BCUT2D eigenvalue weighted by Gasteiger charge is -2.40. The summed E-state index contributed by atoms with van der Waals surface area (Å²) in [5, 5.41) is 10.5. The Balaban J connectivity index is 0.000000281. The second-order valence-electron chi connectivity index (χ2n) is 26.6. The van der Waals surface area contributed by atoms with Gasteiger partial charge >= 0.3 is 18.3 Å². The largest absolute Gasteiger partial charge is 0.504 e. The smallest absolute Gasteiger partial charge is 0.416 e. The van der Waals surface area contributed by atoms with Crippen LogP contribution in [0.15, 0.2) is 190 Å². The van der Waals surface area contributed by atoms with E-state index in [2.05, 4.69) is 19.7 Å². The normalized spacial score (nSPS) is 18.7. The number of carbonyl (C=O) groups excluding carboxylic acids is 6. The molecule has 13 rings (SSSR count). The standard InChI is InChI=1S/C60H62N4O14.C26H28N2O7/c1-9-26-75-59(67)63-47-33-53(51(71-5)31-45(47)55(65)61-24-22-41(29-49(61)57(63)73-7)39-14-18-43(69-3)19-15-39)77-35-37-12-11-13-38(28-37)36-78-54-34-48-46(32-52(54)72-6)56(66)62-25-23-42(40-16-20-44(70-4)21-17-40)30-50(62)58(74-8)64(48)60(68)76-27-10-2;1-5-12-35-26(31)28-20-15-22(29)23(33-3)14-19(20)24(30)27-11-10-17(13-21(27)25(28)34-4)16-6-8-18(32-2)9-7-16/h9-23,28,31-34,49-50,57-58H,1-2,24-27,29-30,35-36H2,3-8H3;5-10,14-15,21,25,29H,1,11-13H2,2-4H3/t49-,50-,57?,58?;21-,25?/m00/s1. The van der Waals surface area contributed by atoms with Gasteiger partial charge in [-0.25, -0.2) is 29.1 Å². The fourth-order valence-electron chi connectivity index (χ4n) is 14.9.